The van der Waals surface area contributed by atoms with E-state index in [9.17, 15) is 14.7 Å². The number of benzene rings is 2. The molecule has 2 N–H and O–H groups in total. The van der Waals surface area contributed by atoms with Crippen molar-refractivity contribution < 1.29 is 29.1 Å². The van der Waals surface area contributed by atoms with Crippen LogP contribution in [0.5, 0.6) is 11.5 Å². The summed E-state index contributed by atoms with van der Waals surface area (Å²) in [6, 6.07) is 10.9. The number of methoxy groups -OCH3 is 2. The number of nitrogens with one attached hydrogen (secondary N) is 1. The third-order valence-electron chi connectivity index (χ3n) is 5.47. The molecule has 0 aromatic heterocycles. The van der Waals surface area contributed by atoms with Crippen LogP contribution in [-0.2, 0) is 9.59 Å². The Morgan fingerprint density at radius 3 is 2.38 bits per heavy atom. The van der Waals surface area contributed by atoms with Gasteiger partial charge in [-0.25, -0.2) is 0 Å². The standard InChI is InChI=1S/C24H27ClN2O5/c1-26(2)12-5-13-27-21(18-11-10-17(31-3)14-19(18)32-4)20(23(29)24(27)30)22(28)15-6-8-16(25)9-7-15/h6-11,14,21,28H,5,12-13H2,1-4H3/p+1. The molecule has 8 heteroatoms. The number of hydrogen-bond donors (Lipinski definition) is 2. The van der Waals surface area contributed by atoms with Crippen LogP contribution in [0.4, 0.5) is 0 Å². The quantitative estimate of drug-likeness (QED) is 0.360. The molecular weight excluding hydrogens is 432 g/mol. The Kier molecular flexibility index (Phi) is 7.43. The first kappa shape index (κ1) is 23.6. The van der Waals surface area contributed by atoms with Gasteiger partial charge in [0.05, 0.1) is 46.5 Å². The smallest absolute Gasteiger partial charge is 0.295 e. The van der Waals surface area contributed by atoms with E-state index in [-0.39, 0.29) is 11.3 Å². The van der Waals surface area contributed by atoms with Gasteiger partial charge in [0.15, 0.2) is 0 Å². The molecule has 0 radical (unpaired) electrons. The minimum absolute atomic E-state index is 0.0259. The minimum atomic E-state index is -0.788. The summed E-state index contributed by atoms with van der Waals surface area (Å²) >= 11 is 5.97. The van der Waals surface area contributed by atoms with E-state index < -0.39 is 17.7 Å². The molecule has 1 aliphatic rings. The predicted molar refractivity (Wildman–Crippen MR) is 122 cm³/mol. The van der Waals surface area contributed by atoms with E-state index in [1.165, 1.54) is 16.9 Å². The third-order valence-corrected chi connectivity index (χ3v) is 5.72. The lowest BCUT2D eigenvalue weighted by atomic mass is 9.94. The van der Waals surface area contributed by atoms with Gasteiger partial charge in [0.1, 0.15) is 17.3 Å². The molecular formula is C24H28ClN2O5+. The van der Waals surface area contributed by atoms with E-state index in [4.69, 9.17) is 21.1 Å². The summed E-state index contributed by atoms with van der Waals surface area (Å²) < 4.78 is 10.8. The van der Waals surface area contributed by atoms with Crippen molar-refractivity contribution in [1.29, 1.82) is 0 Å². The van der Waals surface area contributed by atoms with Crippen molar-refractivity contribution in [1.82, 2.24) is 4.90 Å². The van der Waals surface area contributed by atoms with E-state index in [0.29, 0.717) is 40.6 Å². The summed E-state index contributed by atoms with van der Waals surface area (Å²) in [5, 5.41) is 11.6. The van der Waals surface area contributed by atoms with Gasteiger partial charge < -0.3 is 24.4 Å². The predicted octanol–water partition coefficient (Wildman–Crippen LogP) is 2.31. The highest BCUT2D eigenvalue weighted by Gasteiger charge is 2.46. The van der Waals surface area contributed by atoms with Crippen LogP contribution < -0.4 is 14.4 Å². The van der Waals surface area contributed by atoms with Crippen LogP contribution in [0.15, 0.2) is 48.0 Å². The Hall–Kier alpha value is -3.03. The fourth-order valence-corrected chi connectivity index (χ4v) is 3.97. The average molecular weight is 460 g/mol. The zero-order valence-corrected chi connectivity index (χ0v) is 19.4. The van der Waals surface area contributed by atoms with Crippen molar-refractivity contribution >= 4 is 29.1 Å². The molecule has 2 aromatic carbocycles. The molecule has 0 aliphatic carbocycles. The summed E-state index contributed by atoms with van der Waals surface area (Å²) in [5.41, 5.74) is 1.03. The number of nitrogens with zero attached hydrogens (tertiary/aromatic N) is 1. The summed E-state index contributed by atoms with van der Waals surface area (Å²) in [6.45, 7) is 1.19. The van der Waals surface area contributed by atoms with Crippen molar-refractivity contribution in [2.45, 2.75) is 12.5 Å². The Bertz CT molecular complexity index is 1030. The summed E-state index contributed by atoms with van der Waals surface area (Å²) in [7, 11) is 7.11. The zero-order valence-electron chi connectivity index (χ0n) is 18.6. The molecule has 32 heavy (non-hydrogen) atoms. The van der Waals surface area contributed by atoms with E-state index in [0.717, 1.165) is 6.54 Å². The Balaban J connectivity index is 2.16. The number of carbonyl (C=O) groups excluding carboxylic acids is 2. The Morgan fingerprint density at radius 1 is 1.09 bits per heavy atom. The van der Waals surface area contributed by atoms with Crippen molar-refractivity contribution in [2.24, 2.45) is 0 Å². The zero-order chi connectivity index (χ0) is 23.4. The summed E-state index contributed by atoms with van der Waals surface area (Å²) in [5.74, 6) is -0.573. The Morgan fingerprint density at radius 2 is 1.78 bits per heavy atom. The first-order valence-electron chi connectivity index (χ1n) is 10.3. The molecule has 3 rings (SSSR count). The highest BCUT2D eigenvalue weighted by molar-refractivity contribution is 6.46. The largest absolute Gasteiger partial charge is 0.507 e. The molecule has 170 valence electrons. The maximum atomic E-state index is 13.1. The molecule has 1 atom stereocenters. The normalized spacial score (nSPS) is 17.8. The second kappa shape index (κ2) is 10.1. The van der Waals surface area contributed by atoms with Gasteiger partial charge >= 0.3 is 0 Å². The van der Waals surface area contributed by atoms with Crippen LogP contribution in [0, 0.1) is 0 Å². The van der Waals surface area contributed by atoms with E-state index in [1.54, 1.807) is 49.6 Å². The van der Waals surface area contributed by atoms with Crippen LogP contribution in [0.2, 0.25) is 5.02 Å². The number of aliphatic hydroxyl groups excluding tert-OH is 1. The summed E-state index contributed by atoms with van der Waals surface area (Å²) in [6.07, 6.45) is 0.700. The second-order valence-electron chi connectivity index (χ2n) is 7.92. The molecule has 1 saturated heterocycles. The van der Waals surface area contributed by atoms with Gasteiger partial charge in [-0.15, -0.1) is 0 Å². The molecule has 0 saturated carbocycles. The number of carbonyl (C=O) groups is 2. The second-order valence-corrected chi connectivity index (χ2v) is 8.35. The fraction of sp³-hybridized carbons (Fsp3) is 0.333. The summed E-state index contributed by atoms with van der Waals surface area (Å²) in [4.78, 5) is 28.9. The molecule has 1 amide bonds. The molecule has 0 bridgehead atoms. The van der Waals surface area contributed by atoms with Gasteiger partial charge in [-0.05, 0) is 36.4 Å². The molecule has 1 heterocycles. The molecule has 7 nitrogen and oxygen atoms in total. The van der Waals surface area contributed by atoms with Crippen LogP contribution >= 0.6 is 11.6 Å². The number of aliphatic hydroxyl groups is 1. The average Bonchev–Trinajstić information content (AvgIpc) is 3.03. The van der Waals surface area contributed by atoms with Gasteiger partial charge in [-0.1, -0.05) is 11.6 Å². The topological polar surface area (TPSA) is 80.5 Å². The van der Waals surface area contributed by atoms with Gasteiger partial charge in [-0.2, -0.15) is 0 Å². The van der Waals surface area contributed by atoms with E-state index in [1.807, 2.05) is 14.1 Å². The van der Waals surface area contributed by atoms with Gasteiger partial charge in [0, 0.05) is 35.2 Å². The lowest BCUT2D eigenvalue weighted by Crippen LogP contribution is -3.05. The fourth-order valence-electron chi connectivity index (χ4n) is 3.84. The minimum Gasteiger partial charge on any atom is -0.507 e. The lowest BCUT2D eigenvalue weighted by Gasteiger charge is -2.27. The third kappa shape index (κ3) is 4.74. The number of quaternary nitrogens is 1. The number of ketones is 1. The maximum absolute atomic E-state index is 13.1. The lowest BCUT2D eigenvalue weighted by molar-refractivity contribution is -0.858. The monoisotopic (exact) mass is 459 g/mol. The Labute approximate surface area is 192 Å². The van der Waals surface area contributed by atoms with Gasteiger partial charge in [-0.3, -0.25) is 9.59 Å². The van der Waals surface area contributed by atoms with Crippen LogP contribution in [0.3, 0.4) is 0 Å². The number of rotatable bonds is 8. The van der Waals surface area contributed by atoms with Crippen LogP contribution in [0.1, 0.15) is 23.6 Å². The number of amides is 1. The number of Topliss-reactive ketones (excluding diaryl/α,β-unsaturated/α-hetero) is 1. The molecule has 1 aliphatic heterocycles. The number of hydrogen-bond acceptors (Lipinski definition) is 5. The number of ether oxygens (including phenoxy) is 2. The van der Waals surface area contributed by atoms with E-state index >= 15 is 0 Å². The first-order chi connectivity index (χ1) is 15.3. The van der Waals surface area contributed by atoms with Crippen molar-refractivity contribution in [3.63, 3.8) is 0 Å². The van der Waals surface area contributed by atoms with Gasteiger partial charge in [0.25, 0.3) is 11.7 Å². The molecule has 2 aromatic rings. The highest BCUT2D eigenvalue weighted by Crippen LogP contribution is 2.43. The molecule has 1 unspecified atom stereocenters. The highest BCUT2D eigenvalue weighted by atomic mass is 35.5. The first-order valence-corrected chi connectivity index (χ1v) is 10.7. The molecule has 1 fully saturated rings. The van der Waals surface area contributed by atoms with Crippen molar-refractivity contribution in [2.75, 3.05) is 41.4 Å². The maximum Gasteiger partial charge on any atom is 0.295 e. The number of halogens is 1. The number of likely N-dealkylation sites (tertiary alicyclic amines) is 1. The van der Waals surface area contributed by atoms with Crippen LogP contribution in [0.25, 0.3) is 5.76 Å². The SMILES string of the molecule is COc1ccc(C2C(=C(O)c3ccc(Cl)cc3)C(=O)C(=O)N2CCC[NH+](C)C)c(OC)c1. The van der Waals surface area contributed by atoms with E-state index in [2.05, 4.69) is 0 Å². The van der Waals surface area contributed by atoms with Crippen LogP contribution in [-0.4, -0.2) is 63.1 Å². The molecule has 0 spiro atoms. The van der Waals surface area contributed by atoms with Crippen molar-refractivity contribution in [3.05, 3.63) is 64.2 Å². The van der Waals surface area contributed by atoms with Crippen molar-refractivity contribution in [3.8, 4) is 11.5 Å². The van der Waals surface area contributed by atoms with Gasteiger partial charge in [0.2, 0.25) is 0 Å².